The average molecular weight is 147 g/mol. The van der Waals surface area contributed by atoms with Gasteiger partial charge >= 0.3 is 0 Å². The van der Waals surface area contributed by atoms with Crippen LogP contribution in [0.2, 0.25) is 0 Å². The summed E-state index contributed by atoms with van der Waals surface area (Å²) in [6.45, 7) is 3.44. The average Bonchev–Trinajstić information content (AvgIpc) is 1.63. The van der Waals surface area contributed by atoms with Crippen LogP contribution in [0.15, 0.2) is 0 Å². The van der Waals surface area contributed by atoms with Crippen molar-refractivity contribution in [1.29, 1.82) is 0 Å². The van der Waals surface area contributed by atoms with Crippen molar-refractivity contribution in [1.82, 2.24) is 4.90 Å². The van der Waals surface area contributed by atoms with Crippen LogP contribution < -0.4 is 0 Å². The Balaban J connectivity index is 3.15. The fourth-order valence-electron chi connectivity index (χ4n) is 0.935. The molecular weight excluding hydrogens is 130 g/mol. The van der Waals surface area contributed by atoms with Gasteiger partial charge in [0, 0.05) is 6.54 Å². The molecule has 0 aliphatic carbocycles. The van der Waals surface area contributed by atoms with Crippen molar-refractivity contribution in [2.75, 3.05) is 26.4 Å². The predicted molar refractivity (Wildman–Crippen MR) is 46.2 cm³/mol. The standard InChI is InChI=1S/C7H17NS/c1-7(4-5-9)6-8(2)3/h7,9H,4-6H2,1-3H3. The maximum absolute atomic E-state index is 4.16. The molecule has 0 N–H and O–H groups in total. The molecule has 0 saturated carbocycles. The lowest BCUT2D eigenvalue weighted by Crippen LogP contribution is -2.19. The molecule has 0 radical (unpaired) electrons. The number of hydrogen-bond acceptors (Lipinski definition) is 2. The van der Waals surface area contributed by atoms with E-state index in [4.69, 9.17) is 0 Å². The summed E-state index contributed by atoms with van der Waals surface area (Å²) in [5.41, 5.74) is 0. The van der Waals surface area contributed by atoms with Crippen molar-refractivity contribution in [2.45, 2.75) is 13.3 Å². The molecule has 0 aliphatic rings. The van der Waals surface area contributed by atoms with Crippen LogP contribution in [0.1, 0.15) is 13.3 Å². The Labute approximate surface area is 63.8 Å². The zero-order valence-electron chi connectivity index (χ0n) is 6.59. The second kappa shape index (κ2) is 5.12. The van der Waals surface area contributed by atoms with Crippen LogP contribution in [-0.2, 0) is 0 Å². The van der Waals surface area contributed by atoms with E-state index in [9.17, 15) is 0 Å². The van der Waals surface area contributed by atoms with E-state index in [1.807, 2.05) is 0 Å². The summed E-state index contributed by atoms with van der Waals surface area (Å²) >= 11 is 4.16. The quantitative estimate of drug-likeness (QED) is 0.590. The van der Waals surface area contributed by atoms with Crippen LogP contribution in [0.25, 0.3) is 0 Å². The van der Waals surface area contributed by atoms with Crippen LogP contribution in [0, 0.1) is 5.92 Å². The van der Waals surface area contributed by atoms with E-state index >= 15 is 0 Å². The topological polar surface area (TPSA) is 3.24 Å². The second-order valence-corrected chi connectivity index (χ2v) is 3.33. The number of thiol groups is 1. The van der Waals surface area contributed by atoms with Crippen molar-refractivity contribution in [3.8, 4) is 0 Å². The minimum absolute atomic E-state index is 0.789. The first kappa shape index (κ1) is 9.31. The normalized spacial score (nSPS) is 14.3. The molecule has 0 aromatic carbocycles. The molecule has 1 atom stereocenters. The van der Waals surface area contributed by atoms with Crippen LogP contribution in [0.5, 0.6) is 0 Å². The van der Waals surface area contributed by atoms with Gasteiger partial charge in [-0.3, -0.25) is 0 Å². The summed E-state index contributed by atoms with van der Waals surface area (Å²) in [6, 6.07) is 0. The van der Waals surface area contributed by atoms with Gasteiger partial charge in [0.1, 0.15) is 0 Å². The maximum atomic E-state index is 4.16. The molecule has 2 heteroatoms. The van der Waals surface area contributed by atoms with E-state index in [1.165, 1.54) is 13.0 Å². The molecule has 0 fully saturated rings. The van der Waals surface area contributed by atoms with Gasteiger partial charge in [-0.15, -0.1) is 0 Å². The highest BCUT2D eigenvalue weighted by molar-refractivity contribution is 7.80. The molecule has 0 bridgehead atoms. The zero-order chi connectivity index (χ0) is 7.28. The molecule has 1 unspecified atom stereocenters. The van der Waals surface area contributed by atoms with E-state index in [0.29, 0.717) is 0 Å². The van der Waals surface area contributed by atoms with Gasteiger partial charge in [0.25, 0.3) is 0 Å². The van der Waals surface area contributed by atoms with Gasteiger partial charge in [-0.05, 0) is 32.2 Å². The van der Waals surface area contributed by atoms with Crippen LogP contribution in [0.3, 0.4) is 0 Å². The lowest BCUT2D eigenvalue weighted by molar-refractivity contribution is 0.335. The van der Waals surface area contributed by atoms with Crippen LogP contribution in [-0.4, -0.2) is 31.3 Å². The van der Waals surface area contributed by atoms with Crippen LogP contribution in [0.4, 0.5) is 0 Å². The van der Waals surface area contributed by atoms with Gasteiger partial charge in [0.2, 0.25) is 0 Å². The van der Waals surface area contributed by atoms with E-state index in [1.54, 1.807) is 0 Å². The van der Waals surface area contributed by atoms with Gasteiger partial charge in [-0.25, -0.2) is 0 Å². The van der Waals surface area contributed by atoms with Crippen LogP contribution >= 0.6 is 12.6 Å². The zero-order valence-corrected chi connectivity index (χ0v) is 7.49. The van der Waals surface area contributed by atoms with Gasteiger partial charge in [-0.2, -0.15) is 12.6 Å². The highest BCUT2D eigenvalue weighted by atomic mass is 32.1. The van der Waals surface area contributed by atoms with Crippen molar-refractivity contribution in [2.24, 2.45) is 5.92 Å². The summed E-state index contributed by atoms with van der Waals surface area (Å²) in [4.78, 5) is 2.22. The van der Waals surface area contributed by atoms with E-state index in [2.05, 4.69) is 38.5 Å². The Bertz CT molecular complexity index is 63.9. The Morgan fingerprint density at radius 3 is 2.33 bits per heavy atom. The molecule has 9 heavy (non-hydrogen) atoms. The summed E-state index contributed by atoms with van der Waals surface area (Å²) in [7, 11) is 4.21. The van der Waals surface area contributed by atoms with Crippen molar-refractivity contribution in [3.63, 3.8) is 0 Å². The Kier molecular flexibility index (Phi) is 5.30. The number of hydrogen-bond donors (Lipinski definition) is 1. The first-order valence-electron chi connectivity index (χ1n) is 3.42. The summed E-state index contributed by atoms with van der Waals surface area (Å²) in [5, 5.41) is 0. The van der Waals surface area contributed by atoms with Crippen molar-refractivity contribution >= 4 is 12.6 Å². The third kappa shape index (κ3) is 6.19. The monoisotopic (exact) mass is 147 g/mol. The Hall–Kier alpha value is 0.310. The molecule has 0 heterocycles. The SMILES string of the molecule is CC(CCS)CN(C)C. The molecule has 0 aromatic heterocycles. The number of nitrogens with zero attached hydrogens (tertiary/aromatic N) is 1. The molecule has 0 aliphatic heterocycles. The van der Waals surface area contributed by atoms with Gasteiger partial charge in [-0.1, -0.05) is 6.92 Å². The summed E-state index contributed by atoms with van der Waals surface area (Å²) < 4.78 is 0. The third-order valence-corrected chi connectivity index (χ3v) is 1.56. The Morgan fingerprint density at radius 1 is 1.44 bits per heavy atom. The van der Waals surface area contributed by atoms with Gasteiger partial charge in [0.15, 0.2) is 0 Å². The molecular formula is C7H17NS. The predicted octanol–water partition coefficient (Wildman–Crippen LogP) is 1.50. The molecule has 1 nitrogen and oxygen atoms in total. The van der Waals surface area contributed by atoms with Gasteiger partial charge < -0.3 is 4.90 Å². The fourth-order valence-corrected chi connectivity index (χ4v) is 1.38. The summed E-state index contributed by atoms with van der Waals surface area (Å²) in [6.07, 6.45) is 1.22. The molecule has 0 amide bonds. The highest BCUT2D eigenvalue weighted by Crippen LogP contribution is 2.02. The molecule has 0 aromatic rings. The summed E-state index contributed by atoms with van der Waals surface area (Å²) in [5.74, 6) is 1.80. The van der Waals surface area contributed by atoms with E-state index in [0.717, 1.165) is 11.7 Å². The molecule has 0 rings (SSSR count). The minimum atomic E-state index is 0.789. The van der Waals surface area contributed by atoms with Gasteiger partial charge in [0.05, 0.1) is 0 Å². The lowest BCUT2D eigenvalue weighted by atomic mass is 10.1. The Morgan fingerprint density at radius 2 is 2.00 bits per heavy atom. The number of rotatable bonds is 4. The lowest BCUT2D eigenvalue weighted by Gasteiger charge is -2.15. The smallest absolute Gasteiger partial charge is 0.000121 e. The molecule has 0 saturated heterocycles. The first-order chi connectivity index (χ1) is 4.16. The highest BCUT2D eigenvalue weighted by Gasteiger charge is 2.00. The van der Waals surface area contributed by atoms with E-state index in [-0.39, 0.29) is 0 Å². The molecule has 0 spiro atoms. The van der Waals surface area contributed by atoms with E-state index < -0.39 is 0 Å². The fraction of sp³-hybridized carbons (Fsp3) is 1.00. The first-order valence-corrected chi connectivity index (χ1v) is 4.05. The second-order valence-electron chi connectivity index (χ2n) is 2.88. The maximum Gasteiger partial charge on any atom is 0.000121 e. The minimum Gasteiger partial charge on any atom is -0.309 e. The van der Waals surface area contributed by atoms with Crippen molar-refractivity contribution < 1.29 is 0 Å². The molecule has 56 valence electrons. The largest absolute Gasteiger partial charge is 0.309 e. The third-order valence-electron chi connectivity index (χ3n) is 1.30. The van der Waals surface area contributed by atoms with Crippen molar-refractivity contribution in [3.05, 3.63) is 0 Å².